The molecule has 2 nitrogen and oxygen atoms in total. The zero-order chi connectivity index (χ0) is 13.6. The summed E-state index contributed by atoms with van der Waals surface area (Å²) in [7, 11) is 7.76. The minimum Gasteiger partial charge on any atom is -0.496 e. The molecule has 0 saturated carbocycles. The van der Waals surface area contributed by atoms with Gasteiger partial charge in [0.05, 0.1) is 12.6 Å². The minimum atomic E-state index is -0.767. The van der Waals surface area contributed by atoms with Crippen molar-refractivity contribution in [3.8, 4) is 11.5 Å². The third-order valence-corrected chi connectivity index (χ3v) is 3.51. The molecular weight excluding hydrogens is 235 g/mol. The van der Waals surface area contributed by atoms with E-state index in [1.54, 1.807) is 7.11 Å². The Hall–Kier alpha value is -1.90. The fourth-order valence-corrected chi connectivity index (χ4v) is 2.60. The molecule has 1 heterocycles. The maximum Gasteiger partial charge on any atom is 0.137 e. The maximum atomic E-state index is 6.06. The van der Waals surface area contributed by atoms with E-state index in [4.69, 9.17) is 17.3 Å². The summed E-state index contributed by atoms with van der Waals surface area (Å²) in [5.74, 6) is 1.73. The summed E-state index contributed by atoms with van der Waals surface area (Å²) in [5, 5.41) is 2.08. The standard InChI is InChI=1S/C16H15BO2/c1-10-11-8-9-16(2,17)19-15(11)13-7-5-4-6-12(13)14(10)18-3/h4-9H,1-3H3. The zero-order valence-corrected chi connectivity index (χ0v) is 11.4. The monoisotopic (exact) mass is 250 g/mol. The van der Waals surface area contributed by atoms with Gasteiger partial charge in [0.2, 0.25) is 0 Å². The van der Waals surface area contributed by atoms with E-state index in [0.29, 0.717) is 0 Å². The lowest BCUT2D eigenvalue weighted by atomic mass is 9.80. The molecule has 0 fully saturated rings. The normalized spacial score (nSPS) is 21.0. The molecule has 3 heteroatoms. The molecule has 1 unspecified atom stereocenters. The van der Waals surface area contributed by atoms with Gasteiger partial charge in [0.25, 0.3) is 0 Å². The molecule has 19 heavy (non-hydrogen) atoms. The van der Waals surface area contributed by atoms with Crippen molar-refractivity contribution >= 4 is 24.7 Å². The van der Waals surface area contributed by atoms with Gasteiger partial charge in [-0.3, -0.25) is 0 Å². The van der Waals surface area contributed by atoms with E-state index in [0.717, 1.165) is 33.4 Å². The highest BCUT2D eigenvalue weighted by molar-refractivity contribution is 6.17. The number of benzene rings is 2. The lowest BCUT2D eigenvalue weighted by molar-refractivity contribution is 0.227. The van der Waals surface area contributed by atoms with E-state index in [1.165, 1.54) is 0 Å². The summed E-state index contributed by atoms with van der Waals surface area (Å²) < 4.78 is 11.5. The summed E-state index contributed by atoms with van der Waals surface area (Å²) in [5.41, 5.74) is 1.35. The first-order valence-electron chi connectivity index (χ1n) is 6.30. The third-order valence-electron chi connectivity index (χ3n) is 3.51. The van der Waals surface area contributed by atoms with Crippen LogP contribution < -0.4 is 9.47 Å². The second kappa shape index (κ2) is 4.05. The number of ether oxygens (including phenoxy) is 2. The van der Waals surface area contributed by atoms with Crippen LogP contribution >= 0.6 is 0 Å². The van der Waals surface area contributed by atoms with Gasteiger partial charge in [-0.1, -0.05) is 36.4 Å². The molecular formula is C16H15BO2. The highest BCUT2D eigenvalue weighted by Crippen LogP contribution is 2.44. The first kappa shape index (κ1) is 12.2. The Morgan fingerprint density at radius 1 is 1.21 bits per heavy atom. The van der Waals surface area contributed by atoms with Crippen LogP contribution in [-0.4, -0.2) is 20.5 Å². The van der Waals surface area contributed by atoms with Gasteiger partial charge in [0.1, 0.15) is 19.3 Å². The summed E-state index contributed by atoms with van der Waals surface area (Å²) >= 11 is 0. The predicted octanol–water partition coefficient (Wildman–Crippen LogP) is 3.45. The molecule has 2 radical (unpaired) electrons. The van der Waals surface area contributed by atoms with E-state index >= 15 is 0 Å². The highest BCUT2D eigenvalue weighted by Gasteiger charge is 2.26. The molecule has 0 saturated heterocycles. The van der Waals surface area contributed by atoms with Gasteiger partial charge in [-0.05, 0) is 13.8 Å². The van der Waals surface area contributed by atoms with Crippen molar-refractivity contribution in [3.05, 3.63) is 41.5 Å². The highest BCUT2D eigenvalue weighted by atomic mass is 16.5. The van der Waals surface area contributed by atoms with Gasteiger partial charge in [0.15, 0.2) is 0 Å². The number of hydrogen-bond donors (Lipinski definition) is 0. The molecule has 0 spiro atoms. The molecule has 2 aromatic carbocycles. The van der Waals surface area contributed by atoms with E-state index in [9.17, 15) is 0 Å². The molecule has 94 valence electrons. The molecule has 2 aromatic rings. The molecule has 0 aliphatic carbocycles. The van der Waals surface area contributed by atoms with E-state index < -0.39 is 5.50 Å². The average Bonchev–Trinajstić information content (AvgIpc) is 2.38. The van der Waals surface area contributed by atoms with Crippen molar-refractivity contribution in [1.82, 2.24) is 0 Å². The molecule has 0 bridgehead atoms. The van der Waals surface area contributed by atoms with E-state index in [2.05, 4.69) is 0 Å². The van der Waals surface area contributed by atoms with Gasteiger partial charge in [0, 0.05) is 21.9 Å². The number of hydrogen-bond acceptors (Lipinski definition) is 2. The van der Waals surface area contributed by atoms with Gasteiger partial charge in [-0.25, -0.2) is 0 Å². The lowest BCUT2D eigenvalue weighted by Gasteiger charge is -2.31. The SMILES string of the molecule is [B]C1(C)C=Cc2c(C)c(OC)c3ccccc3c2O1. The molecule has 1 aliphatic heterocycles. The molecule has 0 amide bonds. The minimum absolute atomic E-state index is 0.767. The summed E-state index contributed by atoms with van der Waals surface area (Å²) in [6, 6.07) is 8.06. The topological polar surface area (TPSA) is 18.5 Å². The fourth-order valence-electron chi connectivity index (χ4n) is 2.60. The summed E-state index contributed by atoms with van der Waals surface area (Å²) in [4.78, 5) is 0. The van der Waals surface area contributed by atoms with Crippen molar-refractivity contribution in [2.45, 2.75) is 19.3 Å². The Kier molecular flexibility index (Phi) is 2.59. The molecule has 0 aromatic heterocycles. The Balaban J connectivity index is 2.42. The molecule has 1 aliphatic rings. The predicted molar refractivity (Wildman–Crippen MR) is 79.1 cm³/mol. The summed E-state index contributed by atoms with van der Waals surface area (Å²) in [6.45, 7) is 3.89. The zero-order valence-electron chi connectivity index (χ0n) is 11.4. The van der Waals surface area contributed by atoms with Crippen LogP contribution in [-0.2, 0) is 0 Å². The van der Waals surface area contributed by atoms with Crippen LogP contribution in [0.1, 0.15) is 18.1 Å². The Bertz CT molecular complexity index is 687. The van der Waals surface area contributed by atoms with Crippen LogP contribution in [0.25, 0.3) is 16.8 Å². The second-order valence-electron chi connectivity index (χ2n) is 5.07. The Morgan fingerprint density at radius 3 is 2.58 bits per heavy atom. The van der Waals surface area contributed by atoms with Gasteiger partial charge in [-0.2, -0.15) is 0 Å². The lowest BCUT2D eigenvalue weighted by Crippen LogP contribution is -2.32. The van der Waals surface area contributed by atoms with Crippen molar-refractivity contribution < 1.29 is 9.47 Å². The van der Waals surface area contributed by atoms with Gasteiger partial charge >= 0.3 is 0 Å². The van der Waals surface area contributed by atoms with Crippen LogP contribution in [0.4, 0.5) is 0 Å². The number of methoxy groups -OCH3 is 1. The smallest absolute Gasteiger partial charge is 0.137 e. The van der Waals surface area contributed by atoms with E-state index in [-0.39, 0.29) is 0 Å². The maximum absolute atomic E-state index is 6.06. The Labute approximate surface area is 114 Å². The van der Waals surface area contributed by atoms with Crippen LogP contribution in [0.15, 0.2) is 30.3 Å². The molecule has 3 rings (SSSR count). The third kappa shape index (κ3) is 1.81. The van der Waals surface area contributed by atoms with Crippen LogP contribution in [0.3, 0.4) is 0 Å². The quantitative estimate of drug-likeness (QED) is 0.721. The van der Waals surface area contributed by atoms with Crippen molar-refractivity contribution in [1.29, 1.82) is 0 Å². The van der Waals surface area contributed by atoms with E-state index in [1.807, 2.05) is 50.3 Å². The average molecular weight is 250 g/mol. The van der Waals surface area contributed by atoms with Crippen LogP contribution in [0.5, 0.6) is 11.5 Å². The van der Waals surface area contributed by atoms with Gasteiger partial charge in [-0.15, -0.1) is 0 Å². The Morgan fingerprint density at radius 2 is 1.89 bits per heavy atom. The number of fused-ring (bicyclic) bond motifs is 3. The van der Waals surface area contributed by atoms with Gasteiger partial charge < -0.3 is 9.47 Å². The largest absolute Gasteiger partial charge is 0.496 e. The van der Waals surface area contributed by atoms with Crippen molar-refractivity contribution in [2.24, 2.45) is 0 Å². The molecule has 1 atom stereocenters. The first-order chi connectivity index (χ1) is 9.03. The first-order valence-corrected chi connectivity index (χ1v) is 6.30. The van der Waals surface area contributed by atoms with Crippen LogP contribution in [0.2, 0.25) is 0 Å². The van der Waals surface area contributed by atoms with Crippen molar-refractivity contribution in [3.63, 3.8) is 0 Å². The van der Waals surface area contributed by atoms with Crippen LogP contribution in [0, 0.1) is 6.92 Å². The number of rotatable bonds is 1. The molecule has 0 N–H and O–H groups in total. The second-order valence-corrected chi connectivity index (χ2v) is 5.07. The summed E-state index contributed by atoms with van der Waals surface area (Å²) in [6.07, 6.45) is 3.89. The van der Waals surface area contributed by atoms with Crippen molar-refractivity contribution in [2.75, 3.05) is 7.11 Å². The fraction of sp³-hybridized carbons (Fsp3) is 0.250.